The van der Waals surface area contributed by atoms with Gasteiger partial charge in [-0.25, -0.2) is 4.79 Å². The molecule has 0 bridgehead atoms. The molecule has 0 aliphatic carbocycles. The van der Waals surface area contributed by atoms with Crippen molar-refractivity contribution < 1.29 is 9.59 Å². The summed E-state index contributed by atoms with van der Waals surface area (Å²) in [5.41, 5.74) is 2.11. The van der Waals surface area contributed by atoms with Crippen molar-refractivity contribution in [1.82, 2.24) is 10.0 Å². The second-order valence-electron chi connectivity index (χ2n) is 4.99. The molecule has 0 radical (unpaired) electrons. The van der Waals surface area contributed by atoms with Crippen LogP contribution in [-0.4, -0.2) is 11.3 Å². The van der Waals surface area contributed by atoms with Crippen LogP contribution in [0.25, 0.3) is 0 Å². The first-order valence-corrected chi connectivity index (χ1v) is 8.64. The first-order valence-electron chi connectivity index (χ1n) is 6.67. The van der Waals surface area contributed by atoms with E-state index in [-0.39, 0.29) is 11.3 Å². The minimum absolute atomic E-state index is 0.180. The average molecular weight is 300 g/mol. The summed E-state index contributed by atoms with van der Waals surface area (Å²) in [6, 6.07) is 19.2. The Morgan fingerprint density at radius 3 is 1.62 bits per heavy atom. The van der Waals surface area contributed by atoms with E-state index in [1.54, 1.807) is 0 Å². The highest BCUT2D eigenvalue weighted by Crippen LogP contribution is 2.53. The van der Waals surface area contributed by atoms with Crippen LogP contribution in [0.4, 0.5) is 9.59 Å². The first-order chi connectivity index (χ1) is 10.2. The van der Waals surface area contributed by atoms with Gasteiger partial charge < -0.3 is 0 Å². The fraction of sp³-hybridized carbons (Fsp3) is 0.125. The van der Waals surface area contributed by atoms with Crippen LogP contribution in [0.15, 0.2) is 60.7 Å². The molecule has 0 spiro atoms. The Kier molecular flexibility index (Phi) is 3.66. The van der Waals surface area contributed by atoms with E-state index in [1.807, 2.05) is 60.7 Å². The number of carbonyl (C=O) groups is 2. The largest absolute Gasteiger partial charge is 0.331 e. The van der Waals surface area contributed by atoms with Crippen LogP contribution in [0.1, 0.15) is 11.1 Å². The lowest BCUT2D eigenvalue weighted by Crippen LogP contribution is -2.23. The Morgan fingerprint density at radius 2 is 1.24 bits per heavy atom. The van der Waals surface area contributed by atoms with E-state index < -0.39 is 10.2 Å². The van der Waals surface area contributed by atoms with Crippen molar-refractivity contribution in [3.63, 3.8) is 0 Å². The quantitative estimate of drug-likeness (QED) is 0.907. The molecular weight excluding hydrogens is 284 g/mol. The van der Waals surface area contributed by atoms with Crippen LogP contribution in [0, 0.1) is 0 Å². The zero-order valence-corrected chi connectivity index (χ0v) is 12.2. The van der Waals surface area contributed by atoms with Gasteiger partial charge in [-0.05, 0) is 11.1 Å². The van der Waals surface area contributed by atoms with Crippen molar-refractivity contribution in [2.45, 2.75) is 11.5 Å². The lowest BCUT2D eigenvalue weighted by molar-refractivity contribution is 0.243. The van der Waals surface area contributed by atoms with Crippen LogP contribution in [0.5, 0.6) is 0 Å². The Bertz CT molecular complexity index is 617. The molecule has 0 unspecified atom stereocenters. The molecule has 5 heteroatoms. The molecule has 1 saturated heterocycles. The molecule has 3 rings (SSSR count). The van der Waals surface area contributed by atoms with Gasteiger partial charge in [-0.3, -0.25) is 14.8 Å². The molecule has 1 heterocycles. The Morgan fingerprint density at radius 1 is 0.762 bits per heavy atom. The van der Waals surface area contributed by atoms with Crippen molar-refractivity contribution >= 4 is 21.5 Å². The second kappa shape index (κ2) is 5.61. The van der Waals surface area contributed by atoms with E-state index in [4.69, 9.17) is 0 Å². The Hall–Kier alpha value is -2.27. The van der Waals surface area contributed by atoms with E-state index in [0.717, 1.165) is 11.1 Å². The molecule has 1 fully saturated rings. The van der Waals surface area contributed by atoms with Crippen molar-refractivity contribution in [1.29, 1.82) is 0 Å². The Labute approximate surface area is 125 Å². The number of amides is 3. The summed E-state index contributed by atoms with van der Waals surface area (Å²) in [6.45, 7) is 0. The van der Waals surface area contributed by atoms with Crippen molar-refractivity contribution in [3.05, 3.63) is 71.8 Å². The zero-order chi connectivity index (χ0) is 14.7. The molecule has 21 heavy (non-hydrogen) atoms. The normalized spacial score (nSPS) is 17.9. The lowest BCUT2D eigenvalue weighted by Gasteiger charge is -2.32. The number of hydrogen-bond donors (Lipinski definition) is 2. The highest BCUT2D eigenvalue weighted by atomic mass is 32.3. The maximum atomic E-state index is 12.4. The maximum Gasteiger partial charge on any atom is 0.331 e. The van der Waals surface area contributed by atoms with Crippen molar-refractivity contribution in [3.8, 4) is 0 Å². The van der Waals surface area contributed by atoms with Gasteiger partial charge in [0.25, 0.3) is 5.24 Å². The summed E-state index contributed by atoms with van der Waals surface area (Å²) < 4.78 is 2.90. The fourth-order valence-corrected chi connectivity index (χ4v) is 5.23. The average Bonchev–Trinajstić information content (AvgIpc) is 2.75. The number of hydrogen-bond acceptors (Lipinski definition) is 2. The third kappa shape index (κ3) is 2.92. The topological polar surface area (TPSA) is 58.2 Å². The molecule has 108 valence electrons. The van der Waals surface area contributed by atoms with Gasteiger partial charge in [-0.2, -0.15) is 0 Å². The van der Waals surface area contributed by atoms with Gasteiger partial charge in [0.05, 0.1) is 0 Å². The number of urea groups is 1. The lowest BCUT2D eigenvalue weighted by atomic mass is 10.2. The minimum atomic E-state index is -1.94. The van der Waals surface area contributed by atoms with Crippen molar-refractivity contribution in [2.75, 3.05) is 0 Å². The number of imide groups is 1. The smallest absolute Gasteiger partial charge is 0.291 e. The second-order valence-corrected chi connectivity index (χ2v) is 7.91. The van der Waals surface area contributed by atoms with Gasteiger partial charge in [0.1, 0.15) is 0 Å². The van der Waals surface area contributed by atoms with Crippen LogP contribution >= 0.6 is 10.2 Å². The van der Waals surface area contributed by atoms with E-state index in [1.165, 1.54) is 0 Å². The van der Waals surface area contributed by atoms with Gasteiger partial charge in [0.2, 0.25) is 0 Å². The number of benzene rings is 2. The molecule has 0 aromatic heterocycles. The summed E-state index contributed by atoms with van der Waals surface area (Å²) >= 11 is 0. The van der Waals surface area contributed by atoms with Crippen molar-refractivity contribution in [2.24, 2.45) is 0 Å². The standard InChI is InChI=1S/C16H16N2O2S/c19-15-17-16(20)21(18-15,11-13-7-3-1-4-8-13)12-14-9-5-2-6-10-14/h1-10H,11-12H2,(H2,17,18,19,20). The number of rotatable bonds is 4. The number of carbonyl (C=O) groups excluding carboxylic acids is 2. The fourth-order valence-electron chi connectivity index (χ4n) is 2.41. The highest BCUT2D eigenvalue weighted by Gasteiger charge is 2.41. The molecule has 1 aliphatic rings. The third-order valence-electron chi connectivity index (χ3n) is 3.37. The third-order valence-corrected chi connectivity index (χ3v) is 6.41. The van der Waals surface area contributed by atoms with Crippen LogP contribution in [0.2, 0.25) is 0 Å². The first kappa shape index (κ1) is 13.7. The minimum Gasteiger partial charge on any atom is -0.291 e. The molecule has 4 nitrogen and oxygen atoms in total. The molecular formula is C16H16N2O2S. The van der Waals surface area contributed by atoms with Crippen LogP contribution in [0.3, 0.4) is 0 Å². The van der Waals surface area contributed by atoms with Crippen LogP contribution < -0.4 is 10.0 Å². The summed E-state index contributed by atoms with van der Waals surface area (Å²) in [7, 11) is -1.94. The SMILES string of the molecule is O=C1NC(=O)S(Cc2ccccc2)(Cc2ccccc2)N1. The maximum absolute atomic E-state index is 12.4. The molecule has 2 aromatic carbocycles. The highest BCUT2D eigenvalue weighted by molar-refractivity contribution is 8.43. The van der Waals surface area contributed by atoms with E-state index in [9.17, 15) is 9.59 Å². The summed E-state index contributed by atoms with van der Waals surface area (Å²) in [6.07, 6.45) is 0. The van der Waals surface area contributed by atoms with Gasteiger partial charge in [-0.15, -0.1) is 0 Å². The van der Waals surface area contributed by atoms with E-state index >= 15 is 0 Å². The Balaban J connectivity index is 1.92. The molecule has 1 aliphatic heterocycles. The van der Waals surface area contributed by atoms with Crippen LogP contribution in [-0.2, 0) is 11.5 Å². The van der Waals surface area contributed by atoms with E-state index in [2.05, 4.69) is 10.0 Å². The summed E-state index contributed by atoms with van der Waals surface area (Å²) in [4.78, 5) is 24.0. The van der Waals surface area contributed by atoms with Gasteiger partial charge >= 0.3 is 6.03 Å². The predicted molar refractivity (Wildman–Crippen MR) is 84.9 cm³/mol. The number of nitrogens with one attached hydrogen (secondary N) is 2. The predicted octanol–water partition coefficient (Wildman–Crippen LogP) is 3.54. The molecule has 0 atom stereocenters. The van der Waals surface area contributed by atoms with Gasteiger partial charge in [-0.1, -0.05) is 70.9 Å². The van der Waals surface area contributed by atoms with E-state index in [0.29, 0.717) is 11.5 Å². The summed E-state index contributed by atoms with van der Waals surface area (Å²) in [5, 5.41) is 2.22. The molecule has 2 aromatic rings. The molecule has 0 saturated carbocycles. The molecule has 3 amide bonds. The monoisotopic (exact) mass is 300 g/mol. The van der Waals surface area contributed by atoms with Gasteiger partial charge in [0, 0.05) is 11.5 Å². The zero-order valence-electron chi connectivity index (χ0n) is 11.4. The van der Waals surface area contributed by atoms with Gasteiger partial charge in [0.15, 0.2) is 0 Å². The molecule has 2 N–H and O–H groups in total. The summed E-state index contributed by atoms with van der Waals surface area (Å²) in [5.74, 6) is 1.11.